The average Bonchev–Trinajstić information content (AvgIpc) is 3.17. The molecular formula is C18H22N4O3. The number of anilines is 1. The molecule has 0 atom stereocenters. The number of H-pyrrole nitrogens is 1. The Balaban J connectivity index is 1.75. The Morgan fingerprint density at radius 1 is 1.12 bits per heavy atom. The number of rotatable bonds is 3. The fourth-order valence-corrected chi connectivity index (χ4v) is 3.85. The molecule has 0 amide bonds. The third-order valence-electron chi connectivity index (χ3n) is 5.19. The summed E-state index contributed by atoms with van der Waals surface area (Å²) >= 11 is 0. The van der Waals surface area contributed by atoms with E-state index in [1.807, 2.05) is 12.1 Å². The Kier molecular flexibility index (Phi) is 4.09. The highest BCUT2D eigenvalue weighted by Crippen LogP contribution is 2.28. The molecule has 25 heavy (non-hydrogen) atoms. The van der Waals surface area contributed by atoms with Crippen molar-refractivity contribution in [3.05, 3.63) is 50.7 Å². The normalized spacial score (nSPS) is 18.0. The molecule has 132 valence electrons. The van der Waals surface area contributed by atoms with E-state index < -0.39 is 5.69 Å². The molecule has 0 radical (unpaired) electrons. The minimum Gasteiger partial charge on any atom is -0.497 e. The van der Waals surface area contributed by atoms with Crippen LogP contribution in [0.3, 0.4) is 0 Å². The molecule has 7 heteroatoms. The smallest absolute Gasteiger partial charge is 0.334 e. The van der Waals surface area contributed by atoms with E-state index in [9.17, 15) is 9.59 Å². The zero-order chi connectivity index (χ0) is 17.4. The summed E-state index contributed by atoms with van der Waals surface area (Å²) in [4.78, 5) is 29.6. The van der Waals surface area contributed by atoms with Crippen LogP contribution in [0.5, 0.6) is 5.75 Å². The summed E-state index contributed by atoms with van der Waals surface area (Å²) in [6.07, 6.45) is 4.84. The number of nitrogens with zero attached hydrogens (tertiary/aromatic N) is 2. The molecule has 1 aliphatic heterocycles. The van der Waals surface area contributed by atoms with Crippen LogP contribution < -0.4 is 21.3 Å². The summed E-state index contributed by atoms with van der Waals surface area (Å²) in [6, 6.07) is 7.73. The summed E-state index contributed by atoms with van der Waals surface area (Å²) in [5.41, 5.74) is 0.573. The molecule has 1 aromatic carbocycles. The average molecular weight is 342 g/mol. The van der Waals surface area contributed by atoms with Crippen LogP contribution in [0.4, 0.5) is 5.82 Å². The van der Waals surface area contributed by atoms with Gasteiger partial charge in [-0.15, -0.1) is 0 Å². The first-order chi connectivity index (χ1) is 12.2. The molecule has 0 saturated heterocycles. The van der Waals surface area contributed by atoms with E-state index in [4.69, 9.17) is 4.74 Å². The topological polar surface area (TPSA) is 79.4 Å². The van der Waals surface area contributed by atoms with Crippen molar-refractivity contribution in [3.63, 3.8) is 0 Å². The van der Waals surface area contributed by atoms with Crippen molar-refractivity contribution in [2.24, 2.45) is 0 Å². The number of hydrogen-bond donors (Lipinski definition) is 2. The number of aromatic nitrogens is 2. The van der Waals surface area contributed by atoms with Crippen molar-refractivity contribution < 1.29 is 4.74 Å². The van der Waals surface area contributed by atoms with E-state index in [0.29, 0.717) is 36.3 Å². The molecule has 2 heterocycles. The van der Waals surface area contributed by atoms with Crippen LogP contribution in [0.15, 0.2) is 33.9 Å². The number of nitrogens with one attached hydrogen (secondary N) is 2. The van der Waals surface area contributed by atoms with Crippen molar-refractivity contribution in [2.45, 2.75) is 38.3 Å². The maximum atomic E-state index is 12.4. The summed E-state index contributed by atoms with van der Waals surface area (Å²) in [5, 5.41) is 3.30. The Morgan fingerprint density at radius 3 is 2.52 bits per heavy atom. The summed E-state index contributed by atoms with van der Waals surface area (Å²) < 4.78 is 6.70. The molecule has 0 spiro atoms. The van der Waals surface area contributed by atoms with Crippen molar-refractivity contribution in [3.8, 4) is 11.4 Å². The minimum atomic E-state index is -0.435. The van der Waals surface area contributed by atoms with Gasteiger partial charge in [-0.1, -0.05) is 12.8 Å². The lowest BCUT2D eigenvalue weighted by molar-refractivity contribution is 0.195. The fourth-order valence-electron chi connectivity index (χ4n) is 3.85. The van der Waals surface area contributed by atoms with Crippen molar-refractivity contribution in [1.82, 2.24) is 14.5 Å². The van der Waals surface area contributed by atoms with Crippen LogP contribution in [-0.2, 0) is 6.54 Å². The lowest BCUT2D eigenvalue weighted by Crippen LogP contribution is -2.46. The number of hydrogen-bond acceptors (Lipinski definition) is 5. The second-order valence-corrected chi connectivity index (χ2v) is 6.64. The predicted octanol–water partition coefficient (Wildman–Crippen LogP) is 1.66. The zero-order valence-corrected chi connectivity index (χ0v) is 14.2. The van der Waals surface area contributed by atoms with E-state index >= 15 is 0 Å². The van der Waals surface area contributed by atoms with Crippen LogP contribution in [-0.4, -0.2) is 34.3 Å². The molecule has 1 saturated carbocycles. The van der Waals surface area contributed by atoms with E-state index in [0.717, 1.165) is 5.75 Å². The van der Waals surface area contributed by atoms with Crippen molar-refractivity contribution in [1.29, 1.82) is 0 Å². The first-order valence-electron chi connectivity index (χ1n) is 8.68. The fraction of sp³-hybridized carbons (Fsp3) is 0.444. The van der Waals surface area contributed by atoms with E-state index in [1.54, 1.807) is 19.2 Å². The van der Waals surface area contributed by atoms with Crippen molar-refractivity contribution in [2.75, 3.05) is 19.1 Å². The van der Waals surface area contributed by atoms with E-state index in [1.165, 1.54) is 30.3 Å². The van der Waals surface area contributed by atoms with Crippen LogP contribution in [0.2, 0.25) is 0 Å². The van der Waals surface area contributed by atoms with Gasteiger partial charge in [0.1, 0.15) is 11.6 Å². The molecule has 4 rings (SSSR count). The van der Waals surface area contributed by atoms with Gasteiger partial charge in [0, 0.05) is 12.6 Å². The number of ether oxygens (including phenoxy) is 1. The Labute approximate surface area is 145 Å². The van der Waals surface area contributed by atoms with Gasteiger partial charge in [-0.3, -0.25) is 14.7 Å². The zero-order valence-electron chi connectivity index (χ0n) is 14.2. The van der Waals surface area contributed by atoms with Gasteiger partial charge in [-0.2, -0.15) is 0 Å². The van der Waals surface area contributed by atoms with Gasteiger partial charge in [0.2, 0.25) is 0 Å². The van der Waals surface area contributed by atoms with Gasteiger partial charge in [-0.05, 0) is 37.1 Å². The van der Waals surface area contributed by atoms with Gasteiger partial charge in [0.15, 0.2) is 0 Å². The highest BCUT2D eigenvalue weighted by molar-refractivity contribution is 5.52. The lowest BCUT2D eigenvalue weighted by atomic mass is 10.1. The highest BCUT2D eigenvalue weighted by atomic mass is 16.5. The highest BCUT2D eigenvalue weighted by Gasteiger charge is 2.29. The van der Waals surface area contributed by atoms with Crippen LogP contribution in [0, 0.1) is 0 Å². The molecule has 1 fully saturated rings. The molecule has 7 nitrogen and oxygen atoms in total. The number of aromatic amines is 1. The van der Waals surface area contributed by atoms with E-state index in [2.05, 4.69) is 15.2 Å². The third kappa shape index (κ3) is 2.84. The molecule has 2 N–H and O–H groups in total. The summed E-state index contributed by atoms with van der Waals surface area (Å²) in [7, 11) is 1.60. The quantitative estimate of drug-likeness (QED) is 0.887. The molecule has 1 aliphatic carbocycles. The summed E-state index contributed by atoms with van der Waals surface area (Å²) in [5.74, 6) is 1.31. The second-order valence-electron chi connectivity index (χ2n) is 6.64. The molecular weight excluding hydrogens is 320 g/mol. The first kappa shape index (κ1) is 16.0. The van der Waals surface area contributed by atoms with Crippen molar-refractivity contribution >= 4 is 5.82 Å². The second kappa shape index (κ2) is 6.40. The molecule has 2 aromatic rings. The van der Waals surface area contributed by atoms with Crippen LogP contribution in [0.25, 0.3) is 5.69 Å². The van der Waals surface area contributed by atoms with Gasteiger partial charge < -0.3 is 10.1 Å². The standard InChI is InChI=1S/C18H22N4O3/c1-25-14-8-6-13(7-9-14)22-16-15(17(23)20-18(22)24)10-21(11-19-16)12-4-2-3-5-12/h6-9,12,19H,2-5,10-11H2,1H3,(H,20,23,24). The molecule has 1 aromatic heterocycles. The van der Waals surface area contributed by atoms with Gasteiger partial charge in [0.25, 0.3) is 5.56 Å². The predicted molar refractivity (Wildman–Crippen MR) is 95.5 cm³/mol. The Bertz CT molecular complexity index is 879. The van der Waals surface area contributed by atoms with Gasteiger partial charge >= 0.3 is 5.69 Å². The lowest BCUT2D eigenvalue weighted by Gasteiger charge is -2.34. The van der Waals surface area contributed by atoms with Gasteiger partial charge in [-0.25, -0.2) is 9.36 Å². The Hall–Kier alpha value is -2.54. The summed E-state index contributed by atoms with van der Waals surface area (Å²) in [6.45, 7) is 1.22. The molecule has 2 aliphatic rings. The number of fused-ring (bicyclic) bond motifs is 1. The largest absolute Gasteiger partial charge is 0.497 e. The van der Waals surface area contributed by atoms with Gasteiger partial charge in [0.05, 0.1) is 25.0 Å². The minimum absolute atomic E-state index is 0.306. The Morgan fingerprint density at radius 2 is 1.84 bits per heavy atom. The number of benzene rings is 1. The first-order valence-corrected chi connectivity index (χ1v) is 8.68. The monoisotopic (exact) mass is 342 g/mol. The molecule has 0 unspecified atom stereocenters. The third-order valence-corrected chi connectivity index (χ3v) is 5.19. The maximum Gasteiger partial charge on any atom is 0.334 e. The SMILES string of the molecule is COc1ccc(-n2c3c(c(=O)[nH]c2=O)CN(C2CCCC2)CN3)cc1. The van der Waals surface area contributed by atoms with E-state index in [-0.39, 0.29) is 5.56 Å². The molecule has 0 bridgehead atoms. The maximum absolute atomic E-state index is 12.4. The number of methoxy groups -OCH3 is 1. The van der Waals surface area contributed by atoms with Crippen LogP contribution in [0.1, 0.15) is 31.2 Å². The van der Waals surface area contributed by atoms with Crippen LogP contribution >= 0.6 is 0 Å².